The van der Waals surface area contributed by atoms with E-state index in [9.17, 15) is 0 Å². The summed E-state index contributed by atoms with van der Waals surface area (Å²) >= 11 is 3.50. The SMILES string of the molecule is CCCCCCCCOCC(C)(C)CBr. The molecular weight excluding hydrogens is 252 g/mol. The summed E-state index contributed by atoms with van der Waals surface area (Å²) < 4.78 is 5.67. The smallest absolute Gasteiger partial charge is 0.0525 e. The van der Waals surface area contributed by atoms with E-state index in [1.165, 1.54) is 38.5 Å². The zero-order valence-electron chi connectivity index (χ0n) is 10.7. The molecule has 2 heteroatoms. The van der Waals surface area contributed by atoms with Gasteiger partial charge in [0.25, 0.3) is 0 Å². The minimum atomic E-state index is 0.280. The summed E-state index contributed by atoms with van der Waals surface area (Å²) in [5.41, 5.74) is 0.280. The first kappa shape index (κ1) is 15.4. The van der Waals surface area contributed by atoms with E-state index in [-0.39, 0.29) is 5.41 Å². The summed E-state index contributed by atoms with van der Waals surface area (Å²) in [6.45, 7) is 8.51. The van der Waals surface area contributed by atoms with E-state index in [1.54, 1.807) is 0 Å². The number of halogens is 1. The Kier molecular flexibility index (Phi) is 9.93. The predicted octanol–water partition coefficient (Wildman–Crippen LogP) is 4.78. The quantitative estimate of drug-likeness (QED) is 0.413. The van der Waals surface area contributed by atoms with Gasteiger partial charge in [-0.05, 0) is 11.8 Å². The summed E-state index contributed by atoms with van der Waals surface area (Å²) in [7, 11) is 0. The highest BCUT2D eigenvalue weighted by molar-refractivity contribution is 9.09. The highest BCUT2D eigenvalue weighted by Crippen LogP contribution is 2.18. The maximum atomic E-state index is 5.67. The van der Waals surface area contributed by atoms with Crippen molar-refractivity contribution in [1.82, 2.24) is 0 Å². The van der Waals surface area contributed by atoms with Crippen molar-refractivity contribution in [2.24, 2.45) is 5.41 Å². The summed E-state index contributed by atoms with van der Waals surface area (Å²) in [4.78, 5) is 0. The number of ether oxygens (including phenoxy) is 1. The predicted molar refractivity (Wildman–Crippen MR) is 71.8 cm³/mol. The van der Waals surface area contributed by atoms with Crippen molar-refractivity contribution in [2.45, 2.75) is 59.3 Å². The summed E-state index contributed by atoms with van der Waals surface area (Å²) in [5.74, 6) is 0. The van der Waals surface area contributed by atoms with E-state index in [2.05, 4.69) is 36.7 Å². The van der Waals surface area contributed by atoms with Crippen molar-refractivity contribution in [2.75, 3.05) is 18.5 Å². The Morgan fingerprint density at radius 3 is 2.20 bits per heavy atom. The van der Waals surface area contributed by atoms with Crippen molar-refractivity contribution in [1.29, 1.82) is 0 Å². The zero-order chi connectivity index (χ0) is 11.6. The van der Waals surface area contributed by atoms with Gasteiger partial charge in [0.15, 0.2) is 0 Å². The van der Waals surface area contributed by atoms with E-state index in [0.717, 1.165) is 18.5 Å². The summed E-state index contributed by atoms with van der Waals surface area (Å²) in [5, 5.41) is 1.01. The highest BCUT2D eigenvalue weighted by atomic mass is 79.9. The van der Waals surface area contributed by atoms with Crippen LogP contribution in [0, 0.1) is 5.41 Å². The normalized spacial score (nSPS) is 12.0. The second kappa shape index (κ2) is 9.65. The van der Waals surface area contributed by atoms with Crippen molar-refractivity contribution >= 4 is 15.9 Å². The molecule has 0 aromatic heterocycles. The number of hydrogen-bond acceptors (Lipinski definition) is 1. The number of alkyl halides is 1. The molecule has 0 aliphatic carbocycles. The highest BCUT2D eigenvalue weighted by Gasteiger charge is 2.15. The van der Waals surface area contributed by atoms with E-state index in [4.69, 9.17) is 4.74 Å². The molecule has 0 unspecified atom stereocenters. The average Bonchev–Trinajstić information content (AvgIpc) is 2.22. The zero-order valence-corrected chi connectivity index (χ0v) is 12.2. The van der Waals surface area contributed by atoms with Gasteiger partial charge in [-0.3, -0.25) is 0 Å². The number of rotatable bonds is 10. The Hall–Kier alpha value is 0.440. The summed E-state index contributed by atoms with van der Waals surface area (Å²) in [6.07, 6.45) is 8.03. The molecule has 0 fully saturated rings. The molecule has 0 N–H and O–H groups in total. The molecule has 0 radical (unpaired) electrons. The molecular formula is C13H27BrO. The Morgan fingerprint density at radius 2 is 1.60 bits per heavy atom. The van der Waals surface area contributed by atoms with Gasteiger partial charge in [-0.1, -0.05) is 68.8 Å². The molecule has 0 atom stereocenters. The minimum Gasteiger partial charge on any atom is -0.381 e. The fourth-order valence-electron chi connectivity index (χ4n) is 1.37. The standard InChI is InChI=1S/C13H27BrO/c1-4-5-6-7-8-9-10-15-12-13(2,3)11-14/h4-12H2,1-3H3. The van der Waals surface area contributed by atoms with Gasteiger partial charge >= 0.3 is 0 Å². The Labute approximate surface area is 104 Å². The van der Waals surface area contributed by atoms with Gasteiger partial charge in [-0.2, -0.15) is 0 Å². The molecule has 1 nitrogen and oxygen atoms in total. The van der Waals surface area contributed by atoms with E-state index in [1.807, 2.05) is 0 Å². The molecule has 0 spiro atoms. The third-order valence-corrected chi connectivity index (χ3v) is 4.01. The van der Waals surface area contributed by atoms with Crippen LogP contribution in [0.1, 0.15) is 59.3 Å². The monoisotopic (exact) mass is 278 g/mol. The average molecular weight is 279 g/mol. The Bertz CT molecular complexity index is 134. The van der Waals surface area contributed by atoms with Gasteiger partial charge in [0.05, 0.1) is 6.61 Å². The lowest BCUT2D eigenvalue weighted by Gasteiger charge is -2.21. The Morgan fingerprint density at radius 1 is 1.00 bits per heavy atom. The first-order chi connectivity index (χ1) is 7.12. The van der Waals surface area contributed by atoms with Crippen LogP contribution < -0.4 is 0 Å². The lowest BCUT2D eigenvalue weighted by Crippen LogP contribution is -2.21. The van der Waals surface area contributed by atoms with Crippen molar-refractivity contribution in [3.05, 3.63) is 0 Å². The van der Waals surface area contributed by atoms with Gasteiger partial charge in [0.1, 0.15) is 0 Å². The summed E-state index contributed by atoms with van der Waals surface area (Å²) in [6, 6.07) is 0. The molecule has 92 valence electrons. The minimum absolute atomic E-state index is 0.280. The maximum absolute atomic E-state index is 5.67. The van der Waals surface area contributed by atoms with Gasteiger partial charge in [0, 0.05) is 11.9 Å². The van der Waals surface area contributed by atoms with E-state index >= 15 is 0 Å². The van der Waals surface area contributed by atoms with Crippen LogP contribution in [0.15, 0.2) is 0 Å². The molecule has 0 amide bonds. The molecule has 0 aliphatic heterocycles. The van der Waals surface area contributed by atoms with Crippen LogP contribution in [-0.4, -0.2) is 18.5 Å². The largest absolute Gasteiger partial charge is 0.381 e. The maximum Gasteiger partial charge on any atom is 0.0525 e. The molecule has 0 bridgehead atoms. The second-order valence-corrected chi connectivity index (χ2v) is 5.68. The lowest BCUT2D eigenvalue weighted by molar-refractivity contribution is 0.0712. The van der Waals surface area contributed by atoms with Crippen molar-refractivity contribution in [3.8, 4) is 0 Å². The van der Waals surface area contributed by atoms with Crippen LogP contribution in [-0.2, 0) is 4.74 Å². The second-order valence-electron chi connectivity index (χ2n) is 5.12. The third-order valence-electron chi connectivity index (χ3n) is 2.50. The fraction of sp³-hybridized carbons (Fsp3) is 1.00. The van der Waals surface area contributed by atoms with Crippen LogP contribution in [0.2, 0.25) is 0 Å². The van der Waals surface area contributed by atoms with Crippen molar-refractivity contribution in [3.63, 3.8) is 0 Å². The molecule has 0 heterocycles. The molecule has 0 aromatic carbocycles. The fourth-order valence-corrected chi connectivity index (χ4v) is 1.53. The molecule has 0 rings (SSSR count). The molecule has 15 heavy (non-hydrogen) atoms. The van der Waals surface area contributed by atoms with Crippen LogP contribution in [0.3, 0.4) is 0 Å². The molecule has 0 saturated carbocycles. The van der Waals surface area contributed by atoms with Crippen LogP contribution in [0.25, 0.3) is 0 Å². The Balaban J connectivity index is 3.11. The topological polar surface area (TPSA) is 9.23 Å². The molecule has 0 aromatic rings. The van der Waals surface area contributed by atoms with Crippen LogP contribution >= 0.6 is 15.9 Å². The van der Waals surface area contributed by atoms with Crippen LogP contribution in [0.4, 0.5) is 0 Å². The van der Waals surface area contributed by atoms with Gasteiger partial charge < -0.3 is 4.74 Å². The third kappa shape index (κ3) is 10.7. The molecule has 0 aliphatic rings. The number of hydrogen-bond donors (Lipinski definition) is 0. The van der Waals surface area contributed by atoms with Crippen molar-refractivity contribution < 1.29 is 4.74 Å². The molecule has 0 saturated heterocycles. The van der Waals surface area contributed by atoms with Gasteiger partial charge in [0.2, 0.25) is 0 Å². The van der Waals surface area contributed by atoms with Gasteiger partial charge in [-0.15, -0.1) is 0 Å². The first-order valence-electron chi connectivity index (χ1n) is 6.26. The lowest BCUT2D eigenvalue weighted by atomic mass is 9.98. The van der Waals surface area contributed by atoms with Crippen LogP contribution in [0.5, 0.6) is 0 Å². The van der Waals surface area contributed by atoms with E-state index in [0.29, 0.717) is 0 Å². The number of unbranched alkanes of at least 4 members (excludes halogenated alkanes) is 5. The van der Waals surface area contributed by atoms with E-state index < -0.39 is 0 Å². The van der Waals surface area contributed by atoms with Gasteiger partial charge in [-0.25, -0.2) is 0 Å². The first-order valence-corrected chi connectivity index (χ1v) is 7.38.